The van der Waals surface area contributed by atoms with E-state index in [9.17, 15) is 9.59 Å². The van der Waals surface area contributed by atoms with E-state index in [4.69, 9.17) is 0 Å². The van der Waals surface area contributed by atoms with E-state index in [1.54, 1.807) is 12.3 Å². The summed E-state index contributed by atoms with van der Waals surface area (Å²) in [5.41, 5.74) is 0.789. The van der Waals surface area contributed by atoms with Crippen molar-refractivity contribution >= 4 is 27.5 Å². The number of para-hydroxylation sites is 1. The molecular weight excluding hydrogens is 350 g/mol. The van der Waals surface area contributed by atoms with E-state index < -0.39 is 0 Å². The number of carbonyl (C=O) groups is 1. The van der Waals surface area contributed by atoms with E-state index in [-0.39, 0.29) is 11.5 Å². The van der Waals surface area contributed by atoms with Crippen molar-refractivity contribution in [1.29, 1.82) is 0 Å². The molecule has 26 heavy (non-hydrogen) atoms. The third kappa shape index (κ3) is 3.51. The van der Waals surface area contributed by atoms with Crippen molar-refractivity contribution < 1.29 is 4.79 Å². The van der Waals surface area contributed by atoms with Crippen LogP contribution in [0, 0.1) is 0 Å². The Morgan fingerprint density at radius 2 is 1.85 bits per heavy atom. The maximum atomic E-state index is 12.7. The maximum absolute atomic E-state index is 12.7. The normalized spacial score (nSPS) is 15.5. The number of carbonyl (C=O) groups excluding carboxylic acids is 1. The summed E-state index contributed by atoms with van der Waals surface area (Å²) in [4.78, 5) is 33.0. The fraction of sp³-hybridized carbons (Fsp3) is 0.333. The van der Waals surface area contributed by atoms with Crippen molar-refractivity contribution in [3.63, 3.8) is 0 Å². The van der Waals surface area contributed by atoms with Crippen molar-refractivity contribution in [3.05, 3.63) is 58.0 Å². The summed E-state index contributed by atoms with van der Waals surface area (Å²) in [6.07, 6.45) is 1.62. The van der Waals surface area contributed by atoms with E-state index in [0.717, 1.165) is 29.9 Å². The van der Waals surface area contributed by atoms with Gasteiger partial charge in [-0.2, -0.15) is 5.10 Å². The lowest BCUT2D eigenvalue weighted by molar-refractivity contribution is 0.0631. The number of aromatic nitrogens is 3. The molecule has 1 fully saturated rings. The summed E-state index contributed by atoms with van der Waals surface area (Å²) in [6, 6.07) is 11.0. The van der Waals surface area contributed by atoms with Gasteiger partial charge in [-0.3, -0.25) is 14.5 Å². The van der Waals surface area contributed by atoms with Crippen LogP contribution in [0.4, 0.5) is 0 Å². The van der Waals surface area contributed by atoms with Gasteiger partial charge in [-0.1, -0.05) is 12.1 Å². The molecule has 3 aromatic rings. The van der Waals surface area contributed by atoms with Crippen LogP contribution < -0.4 is 5.56 Å². The van der Waals surface area contributed by atoms with Crippen LogP contribution in [0.1, 0.15) is 9.80 Å². The van der Waals surface area contributed by atoms with Gasteiger partial charge in [0.25, 0.3) is 11.5 Å². The quantitative estimate of drug-likeness (QED) is 0.693. The molecule has 8 heteroatoms. The zero-order valence-electron chi connectivity index (χ0n) is 14.2. The molecular formula is C18H19N5O2S. The van der Waals surface area contributed by atoms with Crippen LogP contribution in [-0.4, -0.2) is 63.2 Å². The standard InChI is InChI=1S/C18H19N5O2S/c24-16-6-3-7-19-23(16)13-10-21-8-11-22(12-9-21)18(25)17-20-14-4-1-2-5-15(14)26-17/h1-7H,8-13H2. The van der Waals surface area contributed by atoms with Gasteiger partial charge >= 0.3 is 0 Å². The van der Waals surface area contributed by atoms with Gasteiger partial charge < -0.3 is 4.90 Å². The summed E-state index contributed by atoms with van der Waals surface area (Å²) in [5, 5.41) is 4.63. The third-order valence-electron chi connectivity index (χ3n) is 4.55. The predicted octanol–water partition coefficient (Wildman–Crippen LogP) is 1.31. The van der Waals surface area contributed by atoms with Crippen molar-refractivity contribution in [2.75, 3.05) is 32.7 Å². The van der Waals surface area contributed by atoms with Crippen molar-refractivity contribution in [2.45, 2.75) is 6.54 Å². The highest BCUT2D eigenvalue weighted by Gasteiger charge is 2.24. The van der Waals surface area contributed by atoms with Gasteiger partial charge in [0.15, 0.2) is 5.01 Å². The molecule has 0 radical (unpaired) electrons. The molecule has 0 atom stereocenters. The summed E-state index contributed by atoms with van der Waals surface area (Å²) >= 11 is 1.45. The second-order valence-electron chi connectivity index (χ2n) is 6.21. The largest absolute Gasteiger partial charge is 0.334 e. The Morgan fingerprint density at radius 3 is 2.62 bits per heavy atom. The number of hydrogen-bond donors (Lipinski definition) is 0. The minimum atomic E-state index is -0.0860. The Balaban J connectivity index is 1.33. The smallest absolute Gasteiger partial charge is 0.282 e. The lowest BCUT2D eigenvalue weighted by atomic mass is 10.3. The van der Waals surface area contributed by atoms with Crippen LogP contribution in [-0.2, 0) is 6.54 Å². The van der Waals surface area contributed by atoms with Crippen LogP contribution in [0.5, 0.6) is 0 Å². The highest BCUT2D eigenvalue weighted by Crippen LogP contribution is 2.23. The molecule has 0 unspecified atom stereocenters. The minimum Gasteiger partial charge on any atom is -0.334 e. The number of nitrogens with zero attached hydrogens (tertiary/aromatic N) is 5. The summed E-state index contributed by atoms with van der Waals surface area (Å²) in [5.74, 6) is 0.00629. The second kappa shape index (κ2) is 7.35. The van der Waals surface area contributed by atoms with Gasteiger partial charge in [0.05, 0.1) is 16.8 Å². The number of rotatable bonds is 4. The number of thiazole rings is 1. The third-order valence-corrected chi connectivity index (χ3v) is 5.57. The SMILES string of the molecule is O=C(c1nc2ccccc2s1)N1CCN(CCn2ncccc2=O)CC1. The molecule has 1 aliphatic heterocycles. The van der Waals surface area contributed by atoms with E-state index in [2.05, 4.69) is 15.0 Å². The first-order valence-corrected chi connectivity index (χ1v) is 9.42. The van der Waals surface area contributed by atoms with Gasteiger partial charge in [0, 0.05) is 45.0 Å². The second-order valence-corrected chi connectivity index (χ2v) is 7.24. The molecule has 0 bridgehead atoms. The average molecular weight is 369 g/mol. The Bertz CT molecular complexity index is 942. The summed E-state index contributed by atoms with van der Waals surface area (Å²) < 4.78 is 2.51. The van der Waals surface area contributed by atoms with Gasteiger partial charge in [-0.15, -0.1) is 11.3 Å². The molecule has 7 nitrogen and oxygen atoms in total. The van der Waals surface area contributed by atoms with Crippen molar-refractivity contribution in [3.8, 4) is 0 Å². The molecule has 4 rings (SSSR count). The lowest BCUT2D eigenvalue weighted by Gasteiger charge is -2.34. The highest BCUT2D eigenvalue weighted by molar-refractivity contribution is 7.20. The molecule has 134 valence electrons. The molecule has 1 saturated heterocycles. The number of fused-ring (bicyclic) bond motifs is 1. The molecule has 2 aromatic heterocycles. The number of amides is 1. The molecule has 1 aromatic carbocycles. The zero-order valence-corrected chi connectivity index (χ0v) is 15.1. The van der Waals surface area contributed by atoms with Crippen molar-refractivity contribution in [1.82, 2.24) is 24.6 Å². The first kappa shape index (κ1) is 16.9. The Kier molecular flexibility index (Phi) is 4.77. The summed E-state index contributed by atoms with van der Waals surface area (Å²) in [7, 11) is 0. The van der Waals surface area contributed by atoms with Gasteiger partial charge in [0.1, 0.15) is 0 Å². The molecule has 0 saturated carbocycles. The number of benzene rings is 1. The predicted molar refractivity (Wildman–Crippen MR) is 100 cm³/mol. The fourth-order valence-corrected chi connectivity index (χ4v) is 4.00. The molecule has 0 spiro atoms. The van der Waals surface area contributed by atoms with Crippen molar-refractivity contribution in [2.24, 2.45) is 0 Å². The molecule has 1 amide bonds. The maximum Gasteiger partial charge on any atom is 0.282 e. The van der Waals surface area contributed by atoms with Crippen LogP contribution in [0.25, 0.3) is 10.2 Å². The zero-order chi connectivity index (χ0) is 17.9. The minimum absolute atomic E-state index is 0.00629. The fourth-order valence-electron chi connectivity index (χ4n) is 3.06. The molecule has 0 N–H and O–H groups in total. The Labute approximate surface area is 154 Å². The first-order chi connectivity index (χ1) is 12.7. The van der Waals surface area contributed by atoms with Gasteiger partial charge in [0.2, 0.25) is 0 Å². The molecule has 0 aliphatic carbocycles. The topological polar surface area (TPSA) is 71.3 Å². The van der Waals surface area contributed by atoms with E-state index in [1.807, 2.05) is 29.2 Å². The van der Waals surface area contributed by atoms with E-state index in [0.29, 0.717) is 24.6 Å². The lowest BCUT2D eigenvalue weighted by Crippen LogP contribution is -2.49. The average Bonchev–Trinajstić information content (AvgIpc) is 3.11. The number of piperazine rings is 1. The molecule has 3 heterocycles. The summed E-state index contributed by atoms with van der Waals surface area (Å²) in [6.45, 7) is 4.24. The monoisotopic (exact) mass is 369 g/mol. The van der Waals surface area contributed by atoms with E-state index >= 15 is 0 Å². The van der Waals surface area contributed by atoms with Gasteiger partial charge in [-0.25, -0.2) is 9.67 Å². The van der Waals surface area contributed by atoms with E-state index in [1.165, 1.54) is 22.1 Å². The van der Waals surface area contributed by atoms with Crippen LogP contribution in [0.15, 0.2) is 47.4 Å². The first-order valence-electron chi connectivity index (χ1n) is 8.60. The van der Waals surface area contributed by atoms with Gasteiger partial charge in [-0.05, 0) is 18.2 Å². The highest BCUT2D eigenvalue weighted by atomic mass is 32.1. The Morgan fingerprint density at radius 1 is 1.04 bits per heavy atom. The number of hydrogen-bond acceptors (Lipinski definition) is 6. The van der Waals surface area contributed by atoms with Crippen LogP contribution >= 0.6 is 11.3 Å². The molecule has 1 aliphatic rings. The van der Waals surface area contributed by atoms with Crippen LogP contribution in [0.3, 0.4) is 0 Å². The Hall–Kier alpha value is -2.58. The van der Waals surface area contributed by atoms with Crippen LogP contribution in [0.2, 0.25) is 0 Å².